The smallest absolute Gasteiger partial charge is 0.0823 e. The highest BCUT2D eigenvalue weighted by Crippen LogP contribution is 2.21. The fourth-order valence-electron chi connectivity index (χ4n) is 1.58. The summed E-state index contributed by atoms with van der Waals surface area (Å²) in [4.78, 5) is 2.24. The summed E-state index contributed by atoms with van der Waals surface area (Å²) < 4.78 is 6.71. The van der Waals surface area contributed by atoms with Crippen LogP contribution in [0.15, 0.2) is 15.2 Å². The van der Waals surface area contributed by atoms with E-state index in [1.165, 1.54) is 9.35 Å². The molecule has 1 rings (SSSR count). The Kier molecular flexibility index (Phi) is 6.53. The molecule has 0 spiro atoms. The van der Waals surface area contributed by atoms with E-state index in [-0.39, 0.29) is 6.10 Å². The van der Waals surface area contributed by atoms with Crippen molar-refractivity contribution < 1.29 is 4.74 Å². The molecule has 0 radical (unpaired) electrons. The van der Waals surface area contributed by atoms with Crippen molar-refractivity contribution in [2.45, 2.75) is 19.6 Å². The molecule has 1 heterocycles. The number of likely N-dealkylation sites (N-methyl/N-ethyl adjacent to an activating group) is 1. The van der Waals surface area contributed by atoms with Crippen LogP contribution in [0.1, 0.15) is 12.5 Å². The fourth-order valence-corrected chi connectivity index (χ4v) is 2.78. The number of halogens is 1. The third-order valence-electron chi connectivity index (χ3n) is 2.25. The van der Waals surface area contributed by atoms with Gasteiger partial charge in [-0.25, -0.2) is 0 Å². The van der Waals surface area contributed by atoms with Gasteiger partial charge in [0, 0.05) is 26.2 Å². The molecule has 16 heavy (non-hydrogen) atoms. The summed E-state index contributed by atoms with van der Waals surface area (Å²) in [6.45, 7) is 5.10. The topological polar surface area (TPSA) is 38.5 Å². The van der Waals surface area contributed by atoms with Gasteiger partial charge in [0.1, 0.15) is 0 Å². The van der Waals surface area contributed by atoms with Gasteiger partial charge in [0.05, 0.1) is 9.89 Å². The van der Waals surface area contributed by atoms with Gasteiger partial charge in [0.2, 0.25) is 0 Å². The van der Waals surface area contributed by atoms with Crippen molar-refractivity contribution in [3.63, 3.8) is 0 Å². The average Bonchev–Trinajstić information content (AvgIpc) is 2.63. The molecule has 1 aromatic heterocycles. The highest BCUT2D eigenvalue weighted by atomic mass is 79.9. The molecule has 0 bridgehead atoms. The van der Waals surface area contributed by atoms with Crippen LogP contribution in [0.25, 0.3) is 0 Å². The third kappa shape index (κ3) is 4.93. The molecule has 0 aliphatic rings. The Bertz CT molecular complexity index is 306. The molecule has 0 saturated heterocycles. The number of hydrogen-bond acceptors (Lipinski definition) is 4. The lowest BCUT2D eigenvalue weighted by Gasteiger charge is -2.22. The van der Waals surface area contributed by atoms with E-state index in [0.29, 0.717) is 6.54 Å². The van der Waals surface area contributed by atoms with Crippen LogP contribution >= 0.6 is 27.3 Å². The van der Waals surface area contributed by atoms with Crippen molar-refractivity contribution in [3.05, 3.63) is 20.8 Å². The zero-order valence-corrected chi connectivity index (χ0v) is 12.2. The van der Waals surface area contributed by atoms with Crippen LogP contribution < -0.4 is 5.73 Å². The van der Waals surface area contributed by atoms with Crippen LogP contribution in [0.5, 0.6) is 0 Å². The first-order chi connectivity index (χ1) is 7.65. The van der Waals surface area contributed by atoms with Crippen molar-refractivity contribution >= 4 is 27.3 Å². The number of ether oxygens (including phenoxy) is 1. The van der Waals surface area contributed by atoms with E-state index in [0.717, 1.165) is 19.7 Å². The van der Waals surface area contributed by atoms with Gasteiger partial charge in [0.25, 0.3) is 0 Å². The Hall–Kier alpha value is 0.0600. The molecular weight excluding hydrogens is 288 g/mol. The predicted octanol–water partition coefficient (Wildman–Crippen LogP) is 2.31. The maximum absolute atomic E-state index is 5.65. The molecule has 0 aliphatic carbocycles. The molecular formula is C11H19BrN2OS. The van der Waals surface area contributed by atoms with Gasteiger partial charge in [-0.05, 0) is 46.9 Å². The largest absolute Gasteiger partial charge is 0.376 e. The molecule has 3 nitrogen and oxygen atoms in total. The number of hydrogen-bond donors (Lipinski definition) is 1. The summed E-state index contributed by atoms with van der Waals surface area (Å²) in [5, 5.41) is 2.17. The summed E-state index contributed by atoms with van der Waals surface area (Å²) in [6.07, 6.45) is 0.136. The van der Waals surface area contributed by atoms with Crippen LogP contribution in [0, 0.1) is 0 Å². The Balaban J connectivity index is 2.37. The molecule has 0 aromatic carbocycles. The quantitative estimate of drug-likeness (QED) is 0.840. The standard InChI is InChI=1S/C11H19BrN2OS/c1-3-15-10(5-13)7-14(2)6-9-4-11(12)16-8-9/h4,8,10H,3,5-7,13H2,1-2H3. The van der Waals surface area contributed by atoms with Gasteiger partial charge in [0.15, 0.2) is 0 Å². The molecule has 1 unspecified atom stereocenters. The summed E-state index contributed by atoms with van der Waals surface area (Å²) >= 11 is 5.18. The molecule has 0 aliphatic heterocycles. The minimum atomic E-state index is 0.136. The fraction of sp³-hybridized carbons (Fsp3) is 0.636. The number of nitrogens with two attached hydrogens (primary N) is 1. The molecule has 5 heteroatoms. The summed E-state index contributed by atoms with van der Waals surface area (Å²) in [7, 11) is 2.09. The number of rotatable bonds is 7. The molecule has 0 fully saturated rings. The zero-order chi connectivity index (χ0) is 12.0. The van der Waals surface area contributed by atoms with Gasteiger partial charge in [-0.3, -0.25) is 4.90 Å². The normalized spacial score (nSPS) is 13.3. The second kappa shape index (κ2) is 7.40. The molecule has 92 valence electrons. The third-order valence-corrected chi connectivity index (χ3v) is 3.81. The number of thiophene rings is 1. The van der Waals surface area contributed by atoms with Crippen molar-refractivity contribution in [2.75, 3.05) is 26.7 Å². The second-order valence-corrected chi connectivity index (χ2v) is 6.06. The van der Waals surface area contributed by atoms with Crippen LogP contribution in [0.4, 0.5) is 0 Å². The highest BCUT2D eigenvalue weighted by molar-refractivity contribution is 9.11. The molecule has 2 N–H and O–H groups in total. The summed E-state index contributed by atoms with van der Waals surface area (Å²) in [6, 6.07) is 2.15. The van der Waals surface area contributed by atoms with E-state index in [1.54, 1.807) is 11.3 Å². The molecule has 1 aromatic rings. The van der Waals surface area contributed by atoms with E-state index in [2.05, 4.69) is 39.3 Å². The molecule has 1 atom stereocenters. The van der Waals surface area contributed by atoms with Crippen molar-refractivity contribution in [2.24, 2.45) is 5.73 Å². The Morgan fingerprint density at radius 2 is 2.38 bits per heavy atom. The zero-order valence-electron chi connectivity index (χ0n) is 9.78. The minimum absolute atomic E-state index is 0.136. The monoisotopic (exact) mass is 306 g/mol. The van der Waals surface area contributed by atoms with Gasteiger partial charge < -0.3 is 10.5 Å². The Morgan fingerprint density at radius 1 is 1.62 bits per heavy atom. The van der Waals surface area contributed by atoms with E-state index in [4.69, 9.17) is 10.5 Å². The maximum Gasteiger partial charge on any atom is 0.0823 e. The van der Waals surface area contributed by atoms with Gasteiger partial charge in [-0.2, -0.15) is 0 Å². The summed E-state index contributed by atoms with van der Waals surface area (Å²) in [5.74, 6) is 0. The maximum atomic E-state index is 5.65. The highest BCUT2D eigenvalue weighted by Gasteiger charge is 2.10. The first-order valence-corrected chi connectivity index (χ1v) is 7.06. The average molecular weight is 307 g/mol. The predicted molar refractivity (Wildman–Crippen MR) is 72.8 cm³/mol. The van der Waals surface area contributed by atoms with Crippen molar-refractivity contribution in [1.29, 1.82) is 0 Å². The second-order valence-electron chi connectivity index (χ2n) is 3.77. The van der Waals surface area contributed by atoms with E-state index in [9.17, 15) is 0 Å². The first kappa shape index (κ1) is 14.1. The lowest BCUT2D eigenvalue weighted by atomic mass is 10.3. The Morgan fingerprint density at radius 3 is 2.88 bits per heavy atom. The van der Waals surface area contributed by atoms with Crippen LogP contribution in [0.2, 0.25) is 0 Å². The molecule has 0 saturated carbocycles. The SMILES string of the molecule is CCOC(CN)CN(C)Cc1csc(Br)c1. The summed E-state index contributed by atoms with van der Waals surface area (Å²) in [5.41, 5.74) is 6.97. The first-order valence-electron chi connectivity index (χ1n) is 5.38. The van der Waals surface area contributed by atoms with E-state index < -0.39 is 0 Å². The number of nitrogens with zero attached hydrogens (tertiary/aromatic N) is 1. The van der Waals surface area contributed by atoms with Gasteiger partial charge in [-0.15, -0.1) is 11.3 Å². The Labute approximate surface area is 110 Å². The molecule has 0 amide bonds. The minimum Gasteiger partial charge on any atom is -0.376 e. The lowest BCUT2D eigenvalue weighted by Crippen LogP contribution is -2.36. The van der Waals surface area contributed by atoms with E-state index in [1.807, 2.05) is 6.92 Å². The van der Waals surface area contributed by atoms with Crippen LogP contribution in [0.3, 0.4) is 0 Å². The van der Waals surface area contributed by atoms with E-state index >= 15 is 0 Å². The van der Waals surface area contributed by atoms with Gasteiger partial charge in [-0.1, -0.05) is 0 Å². The lowest BCUT2D eigenvalue weighted by molar-refractivity contribution is 0.0437. The van der Waals surface area contributed by atoms with Crippen LogP contribution in [-0.2, 0) is 11.3 Å². The van der Waals surface area contributed by atoms with Gasteiger partial charge >= 0.3 is 0 Å². The van der Waals surface area contributed by atoms with Crippen molar-refractivity contribution in [3.8, 4) is 0 Å². The van der Waals surface area contributed by atoms with Crippen molar-refractivity contribution in [1.82, 2.24) is 4.90 Å². The van der Waals surface area contributed by atoms with Crippen LogP contribution in [-0.4, -0.2) is 37.7 Å².